The van der Waals surface area contributed by atoms with E-state index in [2.05, 4.69) is 32.7 Å². The van der Waals surface area contributed by atoms with Gasteiger partial charge in [-0.1, -0.05) is 11.2 Å². The number of likely N-dealkylation sites (N-methyl/N-ethyl adjacent to an activating group) is 1. The number of amides is 2. The van der Waals surface area contributed by atoms with Gasteiger partial charge in [-0.05, 0) is 31.7 Å². The van der Waals surface area contributed by atoms with Crippen LogP contribution in [0.15, 0.2) is 28.8 Å². The first kappa shape index (κ1) is 16.0. The number of carbonyl (C=O) groups is 1. The van der Waals surface area contributed by atoms with Crippen molar-refractivity contribution in [2.45, 2.75) is 12.5 Å². The molecule has 0 bridgehead atoms. The van der Waals surface area contributed by atoms with Crippen LogP contribution in [0.3, 0.4) is 0 Å². The van der Waals surface area contributed by atoms with Gasteiger partial charge in [-0.25, -0.2) is 4.79 Å². The van der Waals surface area contributed by atoms with Crippen molar-refractivity contribution in [3.8, 4) is 11.5 Å². The van der Waals surface area contributed by atoms with Gasteiger partial charge in [-0.2, -0.15) is 4.98 Å². The van der Waals surface area contributed by atoms with Crippen LogP contribution < -0.4 is 15.5 Å². The molecule has 25 heavy (non-hydrogen) atoms. The highest BCUT2D eigenvalue weighted by Gasteiger charge is 2.26. The number of aromatic nitrogens is 2. The predicted octanol–water partition coefficient (Wildman–Crippen LogP) is 1.23. The third kappa shape index (κ3) is 3.22. The van der Waals surface area contributed by atoms with E-state index >= 15 is 0 Å². The molecule has 3 heterocycles. The summed E-state index contributed by atoms with van der Waals surface area (Å²) in [5, 5.41) is 10.4. The number of hydrogen-bond acceptors (Lipinski definition) is 6. The minimum absolute atomic E-state index is 0.0653. The summed E-state index contributed by atoms with van der Waals surface area (Å²) in [7, 11) is 2.07. The first-order valence-electron chi connectivity index (χ1n) is 8.63. The van der Waals surface area contributed by atoms with Gasteiger partial charge < -0.3 is 15.2 Å². The minimum Gasteiger partial charge on any atom is -0.338 e. The molecule has 0 saturated carbocycles. The van der Waals surface area contributed by atoms with E-state index < -0.39 is 0 Å². The van der Waals surface area contributed by atoms with Gasteiger partial charge in [0, 0.05) is 44.0 Å². The van der Waals surface area contributed by atoms with Crippen LogP contribution in [0, 0.1) is 0 Å². The Labute approximate surface area is 146 Å². The van der Waals surface area contributed by atoms with Gasteiger partial charge in [0.1, 0.15) is 0 Å². The Bertz CT molecular complexity index is 761. The first-order valence-corrected chi connectivity index (χ1v) is 8.63. The molecular formula is C17H22N6O2. The quantitative estimate of drug-likeness (QED) is 0.873. The Morgan fingerprint density at radius 2 is 2.20 bits per heavy atom. The van der Waals surface area contributed by atoms with Crippen molar-refractivity contribution < 1.29 is 9.32 Å². The first-order chi connectivity index (χ1) is 12.2. The van der Waals surface area contributed by atoms with Crippen LogP contribution in [0.1, 0.15) is 18.3 Å². The van der Waals surface area contributed by atoms with Gasteiger partial charge in [-0.15, -0.1) is 0 Å². The van der Waals surface area contributed by atoms with Crippen molar-refractivity contribution in [3.05, 3.63) is 30.1 Å². The topological polar surface area (TPSA) is 86.5 Å². The van der Waals surface area contributed by atoms with E-state index in [1.54, 1.807) is 4.90 Å². The smallest absolute Gasteiger partial charge is 0.321 e. The molecule has 0 spiro atoms. The van der Waals surface area contributed by atoms with Gasteiger partial charge in [-0.3, -0.25) is 9.80 Å². The number of nitrogens with zero attached hydrogens (tertiary/aromatic N) is 4. The number of rotatable bonds is 3. The van der Waals surface area contributed by atoms with Crippen molar-refractivity contribution in [2.75, 3.05) is 44.7 Å². The lowest BCUT2D eigenvalue weighted by Gasteiger charge is -2.30. The Balaban J connectivity index is 1.58. The average molecular weight is 342 g/mol. The summed E-state index contributed by atoms with van der Waals surface area (Å²) in [4.78, 5) is 20.6. The van der Waals surface area contributed by atoms with Crippen LogP contribution in [-0.4, -0.2) is 60.8 Å². The molecule has 0 aliphatic carbocycles. The predicted molar refractivity (Wildman–Crippen MR) is 93.3 cm³/mol. The number of urea groups is 1. The number of carbonyl (C=O) groups excluding carboxylic acids is 1. The van der Waals surface area contributed by atoms with Gasteiger partial charge in [0.25, 0.3) is 5.89 Å². The van der Waals surface area contributed by atoms with Crippen molar-refractivity contribution in [2.24, 2.45) is 0 Å². The summed E-state index contributed by atoms with van der Waals surface area (Å²) < 4.78 is 5.49. The lowest BCUT2D eigenvalue weighted by molar-refractivity contribution is 0.190. The number of benzene rings is 1. The molecule has 1 unspecified atom stereocenters. The molecule has 2 aliphatic rings. The van der Waals surface area contributed by atoms with E-state index in [0.717, 1.165) is 43.9 Å². The zero-order chi connectivity index (χ0) is 17.2. The molecule has 4 rings (SSSR count). The molecular weight excluding hydrogens is 320 g/mol. The molecule has 1 aromatic carbocycles. The number of hydrogen-bond donors (Lipinski definition) is 2. The molecule has 1 aromatic heterocycles. The van der Waals surface area contributed by atoms with Crippen LogP contribution in [0.25, 0.3) is 11.5 Å². The summed E-state index contributed by atoms with van der Waals surface area (Å²) >= 11 is 0. The lowest BCUT2D eigenvalue weighted by Crippen LogP contribution is -2.46. The fourth-order valence-corrected chi connectivity index (χ4v) is 3.26. The van der Waals surface area contributed by atoms with Gasteiger partial charge in [0.15, 0.2) is 5.82 Å². The number of anilines is 1. The summed E-state index contributed by atoms with van der Waals surface area (Å²) in [5.41, 5.74) is 1.66. The molecule has 8 nitrogen and oxygen atoms in total. The van der Waals surface area contributed by atoms with Crippen molar-refractivity contribution in [3.63, 3.8) is 0 Å². The SMILES string of the molecule is CN1CCNCC1c1noc(-c2cccc(N3CCCNC3=O)c2)n1. The van der Waals surface area contributed by atoms with Gasteiger partial charge >= 0.3 is 6.03 Å². The summed E-state index contributed by atoms with van der Waals surface area (Å²) in [5.74, 6) is 1.17. The van der Waals surface area contributed by atoms with E-state index in [1.165, 1.54) is 0 Å². The fraction of sp³-hybridized carbons (Fsp3) is 0.471. The standard InChI is InChI=1S/C17H22N6O2/c1-22-9-7-18-11-14(22)15-20-16(25-21-15)12-4-2-5-13(10-12)23-8-3-6-19-17(23)24/h2,4-5,10,14,18H,3,6-9,11H2,1H3,(H,19,24). The Morgan fingerprint density at radius 3 is 3.04 bits per heavy atom. The lowest BCUT2D eigenvalue weighted by atomic mass is 10.1. The highest BCUT2D eigenvalue weighted by Crippen LogP contribution is 2.26. The molecule has 2 aliphatic heterocycles. The fourth-order valence-electron chi connectivity index (χ4n) is 3.26. The molecule has 2 amide bonds. The molecule has 2 N–H and O–H groups in total. The van der Waals surface area contributed by atoms with Crippen molar-refractivity contribution in [1.82, 2.24) is 25.7 Å². The van der Waals surface area contributed by atoms with Crippen LogP contribution >= 0.6 is 0 Å². The van der Waals surface area contributed by atoms with E-state index in [1.807, 2.05) is 24.3 Å². The van der Waals surface area contributed by atoms with Gasteiger partial charge in [0.2, 0.25) is 0 Å². The monoisotopic (exact) mass is 342 g/mol. The van der Waals surface area contributed by atoms with Gasteiger partial charge in [0.05, 0.1) is 6.04 Å². The largest absolute Gasteiger partial charge is 0.338 e. The summed E-state index contributed by atoms with van der Waals surface area (Å²) in [6.07, 6.45) is 0.932. The maximum Gasteiger partial charge on any atom is 0.321 e. The number of piperazine rings is 1. The zero-order valence-electron chi connectivity index (χ0n) is 14.2. The second-order valence-corrected chi connectivity index (χ2v) is 6.45. The van der Waals surface area contributed by atoms with E-state index in [9.17, 15) is 4.79 Å². The van der Waals surface area contributed by atoms with E-state index in [4.69, 9.17) is 4.52 Å². The van der Waals surface area contributed by atoms with Crippen molar-refractivity contribution >= 4 is 11.7 Å². The van der Waals surface area contributed by atoms with Crippen LogP contribution in [0.2, 0.25) is 0 Å². The Kier molecular flexibility index (Phi) is 4.37. The second kappa shape index (κ2) is 6.81. The van der Waals surface area contributed by atoms with Crippen molar-refractivity contribution in [1.29, 1.82) is 0 Å². The highest BCUT2D eigenvalue weighted by atomic mass is 16.5. The van der Waals surface area contributed by atoms with E-state index in [-0.39, 0.29) is 12.1 Å². The third-order valence-electron chi connectivity index (χ3n) is 4.74. The zero-order valence-corrected chi connectivity index (χ0v) is 14.2. The Morgan fingerprint density at radius 1 is 1.28 bits per heavy atom. The van der Waals surface area contributed by atoms with Crippen LogP contribution in [-0.2, 0) is 0 Å². The molecule has 0 radical (unpaired) electrons. The molecule has 2 saturated heterocycles. The maximum absolute atomic E-state index is 12.0. The van der Waals surface area contributed by atoms with Crippen LogP contribution in [0.4, 0.5) is 10.5 Å². The maximum atomic E-state index is 12.0. The third-order valence-corrected chi connectivity index (χ3v) is 4.74. The Hall–Kier alpha value is -2.45. The van der Waals surface area contributed by atoms with Crippen LogP contribution in [0.5, 0.6) is 0 Å². The van der Waals surface area contributed by atoms with E-state index in [0.29, 0.717) is 18.3 Å². The molecule has 2 fully saturated rings. The second-order valence-electron chi connectivity index (χ2n) is 6.45. The molecule has 2 aromatic rings. The number of nitrogens with one attached hydrogen (secondary N) is 2. The molecule has 8 heteroatoms. The minimum atomic E-state index is -0.0653. The normalized spacial score (nSPS) is 22.0. The average Bonchev–Trinajstić information content (AvgIpc) is 3.12. The molecule has 132 valence electrons. The highest BCUT2D eigenvalue weighted by molar-refractivity contribution is 5.93. The summed E-state index contributed by atoms with van der Waals surface area (Å²) in [6.45, 7) is 4.17. The summed E-state index contributed by atoms with van der Waals surface area (Å²) in [6, 6.07) is 7.72. The molecule has 1 atom stereocenters.